The molecule has 1 aromatic heterocycles. The van der Waals surface area contributed by atoms with Crippen LogP contribution in [0.3, 0.4) is 0 Å². The summed E-state index contributed by atoms with van der Waals surface area (Å²) < 4.78 is 13.6. The molecule has 1 aromatic carbocycles. The van der Waals surface area contributed by atoms with Gasteiger partial charge in [-0.2, -0.15) is 4.98 Å². The maximum Gasteiger partial charge on any atom is 0.329 e. The molecular weight excluding hydrogens is 355 g/mol. The van der Waals surface area contributed by atoms with Gasteiger partial charge >= 0.3 is 5.69 Å². The first-order valence-electron chi connectivity index (χ1n) is 5.28. The fourth-order valence-corrected chi connectivity index (χ4v) is 1.96. The fraction of sp³-hybridized carbons (Fsp3) is 0.0909. The highest BCUT2D eigenvalue weighted by Crippen LogP contribution is 2.30. The molecule has 1 heterocycles. The van der Waals surface area contributed by atoms with Gasteiger partial charge < -0.3 is 5.32 Å². The van der Waals surface area contributed by atoms with Crippen LogP contribution in [-0.4, -0.2) is 14.9 Å². The van der Waals surface area contributed by atoms with Crippen LogP contribution in [0.5, 0.6) is 0 Å². The van der Waals surface area contributed by atoms with Gasteiger partial charge in [0.25, 0.3) is 0 Å². The van der Waals surface area contributed by atoms with E-state index < -0.39 is 10.7 Å². The first-order chi connectivity index (χ1) is 9.38. The first-order valence-corrected chi connectivity index (χ1v) is 6.45. The van der Waals surface area contributed by atoms with Crippen molar-refractivity contribution in [3.05, 3.63) is 49.6 Å². The Labute approximate surface area is 126 Å². The molecule has 0 saturated heterocycles. The van der Waals surface area contributed by atoms with E-state index in [0.717, 1.165) is 6.20 Å². The molecule has 0 atom stereocenters. The number of nitro groups is 1. The maximum atomic E-state index is 13.3. The fourth-order valence-electron chi connectivity index (χ4n) is 1.49. The predicted octanol–water partition coefficient (Wildman–Crippen LogP) is 3.99. The van der Waals surface area contributed by atoms with Crippen LogP contribution in [-0.2, 0) is 0 Å². The van der Waals surface area contributed by atoms with Gasteiger partial charge in [-0.3, -0.25) is 10.1 Å². The van der Waals surface area contributed by atoms with Crippen molar-refractivity contribution in [2.45, 2.75) is 6.92 Å². The minimum absolute atomic E-state index is 0.0587. The number of nitrogens with one attached hydrogen (secondary N) is 1. The summed E-state index contributed by atoms with van der Waals surface area (Å²) in [6.45, 7) is 1.66. The number of aryl methyl sites for hydroxylation is 1. The topological polar surface area (TPSA) is 81.0 Å². The highest BCUT2D eigenvalue weighted by Gasteiger charge is 2.18. The second kappa shape index (κ2) is 5.68. The Morgan fingerprint density at radius 2 is 2.20 bits per heavy atom. The molecule has 9 heteroatoms. The lowest BCUT2D eigenvalue weighted by Crippen LogP contribution is -2.02. The highest BCUT2D eigenvalue weighted by atomic mass is 79.9. The quantitative estimate of drug-likeness (QED) is 0.508. The summed E-state index contributed by atoms with van der Waals surface area (Å²) >= 11 is 8.68. The summed E-state index contributed by atoms with van der Waals surface area (Å²) in [5, 5.41) is 13.5. The average Bonchev–Trinajstić information content (AvgIpc) is 2.35. The van der Waals surface area contributed by atoms with Gasteiger partial charge in [0, 0.05) is 5.69 Å². The Bertz CT molecular complexity index is 698. The molecular formula is C11H7BrClFN4O2. The van der Waals surface area contributed by atoms with Gasteiger partial charge in [0.1, 0.15) is 12.0 Å². The van der Waals surface area contributed by atoms with E-state index in [1.165, 1.54) is 12.1 Å². The first kappa shape index (κ1) is 14.6. The van der Waals surface area contributed by atoms with E-state index >= 15 is 0 Å². The standard InChI is InChI=1S/C11H7BrClFN4O2/c1-5-2-7(14)6(12)3-8(5)16-10-9(18(19)20)4-15-11(13)17-10/h2-4H,1H3,(H,15,16,17). The molecule has 20 heavy (non-hydrogen) atoms. The number of hydrogen-bond acceptors (Lipinski definition) is 5. The van der Waals surface area contributed by atoms with Gasteiger partial charge in [-0.15, -0.1) is 0 Å². The number of nitrogens with zero attached hydrogens (tertiary/aromatic N) is 3. The molecule has 0 spiro atoms. The van der Waals surface area contributed by atoms with Crippen LogP contribution in [0.15, 0.2) is 22.8 Å². The third-order valence-electron chi connectivity index (χ3n) is 2.46. The van der Waals surface area contributed by atoms with Crippen molar-refractivity contribution in [2.75, 3.05) is 5.32 Å². The second-order valence-electron chi connectivity index (χ2n) is 3.84. The van der Waals surface area contributed by atoms with Crippen molar-refractivity contribution in [2.24, 2.45) is 0 Å². The molecule has 0 saturated carbocycles. The molecule has 0 aliphatic rings. The Balaban J connectivity index is 2.47. The molecule has 104 valence electrons. The molecule has 6 nitrogen and oxygen atoms in total. The summed E-state index contributed by atoms with van der Waals surface area (Å²) in [6, 6.07) is 2.76. The van der Waals surface area contributed by atoms with Crippen molar-refractivity contribution in [3.8, 4) is 0 Å². The van der Waals surface area contributed by atoms with Crippen molar-refractivity contribution >= 4 is 44.7 Å². The minimum Gasteiger partial charge on any atom is -0.334 e. The normalized spacial score (nSPS) is 10.4. The lowest BCUT2D eigenvalue weighted by Gasteiger charge is -2.10. The third-order valence-corrected chi connectivity index (χ3v) is 3.25. The minimum atomic E-state index is -0.632. The number of rotatable bonds is 3. The Hall–Kier alpha value is -1.80. The SMILES string of the molecule is Cc1cc(F)c(Br)cc1Nc1nc(Cl)ncc1[N+](=O)[O-]. The monoisotopic (exact) mass is 360 g/mol. The summed E-state index contributed by atoms with van der Waals surface area (Å²) in [7, 11) is 0. The van der Waals surface area contributed by atoms with E-state index in [2.05, 4.69) is 31.2 Å². The molecule has 2 aromatic rings. The van der Waals surface area contributed by atoms with Crippen molar-refractivity contribution in [3.63, 3.8) is 0 Å². The van der Waals surface area contributed by atoms with Crippen LogP contribution >= 0.6 is 27.5 Å². The molecule has 0 aliphatic carbocycles. The number of anilines is 2. The second-order valence-corrected chi connectivity index (χ2v) is 5.03. The van der Waals surface area contributed by atoms with E-state index in [-0.39, 0.29) is 21.3 Å². The van der Waals surface area contributed by atoms with Crippen LogP contribution in [0, 0.1) is 22.9 Å². The molecule has 2 rings (SSSR count). The van der Waals surface area contributed by atoms with E-state index in [1.54, 1.807) is 6.92 Å². The third kappa shape index (κ3) is 3.02. The molecule has 0 aliphatic heterocycles. The molecule has 0 bridgehead atoms. The lowest BCUT2D eigenvalue weighted by molar-refractivity contribution is -0.384. The van der Waals surface area contributed by atoms with E-state index in [0.29, 0.717) is 11.3 Å². The van der Waals surface area contributed by atoms with Crippen molar-refractivity contribution < 1.29 is 9.31 Å². The zero-order chi connectivity index (χ0) is 14.9. The molecule has 0 fully saturated rings. The Morgan fingerprint density at radius 3 is 2.85 bits per heavy atom. The van der Waals surface area contributed by atoms with Crippen LogP contribution < -0.4 is 5.32 Å². The smallest absolute Gasteiger partial charge is 0.329 e. The predicted molar refractivity (Wildman–Crippen MR) is 75.8 cm³/mol. The van der Waals surface area contributed by atoms with Crippen LogP contribution in [0.4, 0.5) is 21.6 Å². The number of benzene rings is 1. The largest absolute Gasteiger partial charge is 0.334 e. The van der Waals surface area contributed by atoms with Crippen molar-refractivity contribution in [1.29, 1.82) is 0 Å². The van der Waals surface area contributed by atoms with Gasteiger partial charge in [-0.1, -0.05) is 0 Å². The summed E-state index contributed by atoms with van der Waals surface area (Å²) in [5.74, 6) is -0.486. The van der Waals surface area contributed by atoms with Gasteiger partial charge in [0.05, 0.1) is 9.40 Å². The Morgan fingerprint density at radius 1 is 1.50 bits per heavy atom. The van der Waals surface area contributed by atoms with Crippen LogP contribution in [0.25, 0.3) is 0 Å². The average molecular weight is 362 g/mol. The van der Waals surface area contributed by atoms with E-state index in [9.17, 15) is 14.5 Å². The van der Waals surface area contributed by atoms with Crippen LogP contribution in [0.2, 0.25) is 5.28 Å². The molecule has 0 radical (unpaired) electrons. The van der Waals surface area contributed by atoms with Gasteiger partial charge in [0.15, 0.2) is 0 Å². The number of aromatic nitrogens is 2. The number of hydrogen-bond donors (Lipinski definition) is 1. The highest BCUT2D eigenvalue weighted by molar-refractivity contribution is 9.10. The van der Waals surface area contributed by atoms with Crippen LogP contribution in [0.1, 0.15) is 5.56 Å². The zero-order valence-corrected chi connectivity index (χ0v) is 12.4. The zero-order valence-electron chi connectivity index (χ0n) is 10.0. The molecule has 1 N–H and O–H groups in total. The molecule has 0 unspecified atom stereocenters. The van der Waals surface area contributed by atoms with Gasteiger partial charge in [-0.25, -0.2) is 9.37 Å². The molecule has 0 amide bonds. The Kier molecular flexibility index (Phi) is 4.15. The summed E-state index contributed by atoms with van der Waals surface area (Å²) in [4.78, 5) is 17.6. The van der Waals surface area contributed by atoms with E-state index in [4.69, 9.17) is 11.6 Å². The van der Waals surface area contributed by atoms with Gasteiger partial charge in [-0.05, 0) is 52.2 Å². The van der Waals surface area contributed by atoms with Gasteiger partial charge in [0.2, 0.25) is 11.1 Å². The van der Waals surface area contributed by atoms with Crippen molar-refractivity contribution in [1.82, 2.24) is 9.97 Å². The number of halogens is 3. The summed E-state index contributed by atoms with van der Waals surface area (Å²) in [5.41, 5.74) is 0.708. The summed E-state index contributed by atoms with van der Waals surface area (Å²) in [6.07, 6.45) is 1.01. The van der Waals surface area contributed by atoms with E-state index in [1.807, 2.05) is 0 Å². The maximum absolute atomic E-state index is 13.3. The lowest BCUT2D eigenvalue weighted by atomic mass is 10.2.